The summed E-state index contributed by atoms with van der Waals surface area (Å²) in [7, 11) is 2.00. The van der Waals surface area contributed by atoms with Gasteiger partial charge in [0, 0.05) is 31.9 Å². The molecule has 0 saturated heterocycles. The van der Waals surface area contributed by atoms with E-state index in [0.717, 1.165) is 29.8 Å². The summed E-state index contributed by atoms with van der Waals surface area (Å²) in [5.74, 6) is 0.806. The van der Waals surface area contributed by atoms with E-state index >= 15 is 0 Å². The molecule has 96 valence electrons. The lowest BCUT2D eigenvalue weighted by molar-refractivity contribution is 0.815. The first-order valence-electron chi connectivity index (χ1n) is 6.24. The second-order valence-corrected chi connectivity index (χ2v) is 4.42. The molecule has 0 aliphatic rings. The van der Waals surface area contributed by atoms with E-state index < -0.39 is 0 Å². The Labute approximate surface area is 111 Å². The standard InChI is InChI=1S/C14H15N5/c1-19-10-15-8-11(19)6-7-16-14-9-17-12-4-2-3-5-13(12)18-14/h2-5,8-10H,6-7H2,1H3,(H,16,18). The van der Waals surface area contributed by atoms with E-state index in [2.05, 4.69) is 20.3 Å². The fraction of sp³-hybridized carbons (Fsp3) is 0.214. The summed E-state index contributed by atoms with van der Waals surface area (Å²) in [6.45, 7) is 0.812. The van der Waals surface area contributed by atoms with E-state index in [-0.39, 0.29) is 0 Å². The Morgan fingerprint density at radius 1 is 1.16 bits per heavy atom. The van der Waals surface area contributed by atoms with Crippen LogP contribution in [0.2, 0.25) is 0 Å². The molecule has 1 aromatic carbocycles. The molecule has 0 unspecified atom stereocenters. The third-order valence-electron chi connectivity index (χ3n) is 3.05. The van der Waals surface area contributed by atoms with Crippen molar-refractivity contribution in [2.24, 2.45) is 7.05 Å². The van der Waals surface area contributed by atoms with Crippen molar-refractivity contribution in [1.29, 1.82) is 0 Å². The summed E-state index contributed by atoms with van der Waals surface area (Å²) in [6.07, 6.45) is 6.37. The first-order valence-corrected chi connectivity index (χ1v) is 6.24. The van der Waals surface area contributed by atoms with Crippen LogP contribution >= 0.6 is 0 Å². The van der Waals surface area contributed by atoms with Crippen molar-refractivity contribution in [3.05, 3.63) is 48.7 Å². The van der Waals surface area contributed by atoms with Crippen LogP contribution in [0.25, 0.3) is 11.0 Å². The Morgan fingerprint density at radius 2 is 2.00 bits per heavy atom. The summed E-state index contributed by atoms with van der Waals surface area (Å²) in [6, 6.07) is 7.86. The highest BCUT2D eigenvalue weighted by atomic mass is 15.0. The number of para-hydroxylation sites is 2. The first kappa shape index (κ1) is 11.6. The van der Waals surface area contributed by atoms with Crippen LogP contribution in [-0.2, 0) is 13.5 Å². The van der Waals surface area contributed by atoms with Gasteiger partial charge in [0.25, 0.3) is 0 Å². The monoisotopic (exact) mass is 253 g/mol. The van der Waals surface area contributed by atoms with Crippen molar-refractivity contribution < 1.29 is 0 Å². The van der Waals surface area contributed by atoms with E-state index in [1.54, 1.807) is 6.20 Å². The van der Waals surface area contributed by atoms with Crippen LogP contribution in [0, 0.1) is 0 Å². The van der Waals surface area contributed by atoms with E-state index in [1.807, 2.05) is 48.4 Å². The SMILES string of the molecule is Cn1cncc1CCNc1cnc2ccccc2n1. The van der Waals surface area contributed by atoms with Gasteiger partial charge < -0.3 is 9.88 Å². The number of fused-ring (bicyclic) bond motifs is 1. The van der Waals surface area contributed by atoms with Gasteiger partial charge in [-0.2, -0.15) is 0 Å². The van der Waals surface area contributed by atoms with Gasteiger partial charge in [-0.25, -0.2) is 9.97 Å². The second kappa shape index (κ2) is 5.06. The molecule has 0 aliphatic carbocycles. The summed E-state index contributed by atoms with van der Waals surface area (Å²) in [4.78, 5) is 13.0. The number of nitrogens with zero attached hydrogens (tertiary/aromatic N) is 4. The molecule has 3 aromatic rings. The number of aromatic nitrogens is 4. The lowest BCUT2D eigenvalue weighted by Crippen LogP contribution is -2.08. The Bertz CT molecular complexity index is 689. The highest BCUT2D eigenvalue weighted by molar-refractivity contribution is 5.75. The zero-order chi connectivity index (χ0) is 13.1. The quantitative estimate of drug-likeness (QED) is 0.773. The predicted octanol–water partition coefficient (Wildman–Crippen LogP) is 2.02. The minimum absolute atomic E-state index is 0.806. The molecule has 1 N–H and O–H groups in total. The molecule has 0 spiro atoms. The summed E-state index contributed by atoms with van der Waals surface area (Å²) < 4.78 is 2.02. The van der Waals surface area contributed by atoms with Gasteiger partial charge in [-0.15, -0.1) is 0 Å². The summed E-state index contributed by atoms with van der Waals surface area (Å²) in [5, 5.41) is 3.29. The number of aryl methyl sites for hydroxylation is 1. The van der Waals surface area contributed by atoms with Crippen LogP contribution in [0.1, 0.15) is 5.69 Å². The van der Waals surface area contributed by atoms with Crippen LogP contribution in [0.15, 0.2) is 43.0 Å². The number of anilines is 1. The third kappa shape index (κ3) is 2.54. The fourth-order valence-corrected chi connectivity index (χ4v) is 1.99. The molecule has 0 fully saturated rings. The van der Waals surface area contributed by atoms with Crippen molar-refractivity contribution >= 4 is 16.9 Å². The van der Waals surface area contributed by atoms with E-state index in [0.29, 0.717) is 0 Å². The van der Waals surface area contributed by atoms with Gasteiger partial charge in [-0.3, -0.25) is 4.98 Å². The topological polar surface area (TPSA) is 55.6 Å². The molecule has 19 heavy (non-hydrogen) atoms. The van der Waals surface area contributed by atoms with Gasteiger partial charge in [-0.1, -0.05) is 12.1 Å². The summed E-state index contributed by atoms with van der Waals surface area (Å²) in [5.41, 5.74) is 3.02. The average Bonchev–Trinajstić information content (AvgIpc) is 2.84. The van der Waals surface area contributed by atoms with Crippen molar-refractivity contribution in [2.45, 2.75) is 6.42 Å². The van der Waals surface area contributed by atoms with Gasteiger partial charge >= 0.3 is 0 Å². The lowest BCUT2D eigenvalue weighted by atomic mass is 10.3. The van der Waals surface area contributed by atoms with Crippen LogP contribution in [0.4, 0.5) is 5.82 Å². The maximum absolute atomic E-state index is 4.52. The maximum Gasteiger partial charge on any atom is 0.145 e. The zero-order valence-electron chi connectivity index (χ0n) is 10.7. The number of imidazole rings is 1. The molecule has 0 amide bonds. The average molecular weight is 253 g/mol. The Morgan fingerprint density at radius 3 is 2.79 bits per heavy atom. The largest absolute Gasteiger partial charge is 0.368 e. The zero-order valence-corrected chi connectivity index (χ0v) is 10.7. The van der Waals surface area contributed by atoms with E-state index in [9.17, 15) is 0 Å². The van der Waals surface area contributed by atoms with Crippen LogP contribution < -0.4 is 5.32 Å². The molecule has 0 saturated carbocycles. The van der Waals surface area contributed by atoms with E-state index in [1.165, 1.54) is 5.69 Å². The second-order valence-electron chi connectivity index (χ2n) is 4.42. The molecule has 0 bridgehead atoms. The molecule has 5 heteroatoms. The van der Waals surface area contributed by atoms with Crippen molar-refractivity contribution in [3.63, 3.8) is 0 Å². The minimum Gasteiger partial charge on any atom is -0.368 e. The maximum atomic E-state index is 4.52. The molecule has 0 atom stereocenters. The highest BCUT2D eigenvalue weighted by Crippen LogP contribution is 2.11. The van der Waals surface area contributed by atoms with Gasteiger partial charge in [0.2, 0.25) is 0 Å². The molecule has 2 heterocycles. The normalized spacial score (nSPS) is 10.8. The van der Waals surface area contributed by atoms with Gasteiger partial charge in [0.15, 0.2) is 0 Å². The Balaban J connectivity index is 1.67. The number of nitrogens with one attached hydrogen (secondary N) is 1. The van der Waals surface area contributed by atoms with Gasteiger partial charge in [-0.05, 0) is 12.1 Å². The van der Waals surface area contributed by atoms with Crippen LogP contribution in [-0.4, -0.2) is 26.1 Å². The third-order valence-corrected chi connectivity index (χ3v) is 3.05. The first-order chi connectivity index (χ1) is 9.33. The van der Waals surface area contributed by atoms with Crippen LogP contribution in [0.3, 0.4) is 0 Å². The Hall–Kier alpha value is -2.43. The van der Waals surface area contributed by atoms with Gasteiger partial charge in [0.1, 0.15) is 5.82 Å². The molecule has 0 radical (unpaired) electrons. The van der Waals surface area contributed by atoms with Crippen molar-refractivity contribution in [3.8, 4) is 0 Å². The Kier molecular flexibility index (Phi) is 3.10. The predicted molar refractivity (Wildman–Crippen MR) is 74.9 cm³/mol. The van der Waals surface area contributed by atoms with Crippen molar-refractivity contribution in [2.75, 3.05) is 11.9 Å². The molecule has 2 aromatic heterocycles. The molecule has 3 rings (SSSR count). The molecule has 5 nitrogen and oxygen atoms in total. The van der Waals surface area contributed by atoms with E-state index in [4.69, 9.17) is 0 Å². The number of hydrogen-bond donors (Lipinski definition) is 1. The molecular formula is C14H15N5. The van der Waals surface area contributed by atoms with Crippen LogP contribution in [0.5, 0.6) is 0 Å². The summed E-state index contributed by atoms with van der Waals surface area (Å²) >= 11 is 0. The molecule has 0 aliphatic heterocycles. The number of hydrogen-bond acceptors (Lipinski definition) is 4. The smallest absolute Gasteiger partial charge is 0.145 e. The van der Waals surface area contributed by atoms with Gasteiger partial charge in [0.05, 0.1) is 23.6 Å². The van der Waals surface area contributed by atoms with Crippen molar-refractivity contribution in [1.82, 2.24) is 19.5 Å². The minimum atomic E-state index is 0.806. The number of rotatable bonds is 4. The highest BCUT2D eigenvalue weighted by Gasteiger charge is 2.00. The fourth-order valence-electron chi connectivity index (χ4n) is 1.99. The molecular weight excluding hydrogens is 238 g/mol. The number of benzene rings is 1. The lowest BCUT2D eigenvalue weighted by Gasteiger charge is -2.06.